The van der Waals surface area contributed by atoms with Gasteiger partial charge < -0.3 is 9.84 Å². The number of carbonyl (C=O) groups is 1. The molecule has 2 aliphatic rings. The van der Waals surface area contributed by atoms with E-state index in [9.17, 15) is 31.1 Å². The summed E-state index contributed by atoms with van der Waals surface area (Å²) in [5, 5.41) is 8.80. The molecule has 10 heteroatoms. The van der Waals surface area contributed by atoms with Crippen LogP contribution in [0.3, 0.4) is 0 Å². The first-order chi connectivity index (χ1) is 16.9. The number of nitrogens with zero attached hydrogens (tertiary/aromatic N) is 1. The molecule has 198 valence electrons. The highest BCUT2D eigenvalue weighted by atomic mass is 19.4. The Balaban J connectivity index is 0.00000112. The lowest BCUT2D eigenvalue weighted by Gasteiger charge is -2.33. The number of halogens is 6. The molecule has 1 saturated carbocycles. The Labute approximate surface area is 205 Å². The summed E-state index contributed by atoms with van der Waals surface area (Å²) in [6.45, 7) is 0.504. The highest BCUT2D eigenvalue weighted by Crippen LogP contribution is 2.37. The zero-order valence-corrected chi connectivity index (χ0v) is 19.7. The number of aryl methyl sites for hydroxylation is 1. The first-order valence-corrected chi connectivity index (χ1v) is 11.9. The summed E-state index contributed by atoms with van der Waals surface area (Å²) in [4.78, 5) is 12.4. The van der Waals surface area contributed by atoms with Gasteiger partial charge in [-0.15, -0.1) is 0 Å². The minimum absolute atomic E-state index is 0.00268. The fraction of sp³-hybridized carbons (Fsp3) is 0.500. The number of aliphatic carboxylic acids is 1. The Morgan fingerprint density at radius 1 is 0.944 bits per heavy atom. The average Bonchev–Trinajstić information content (AvgIpc) is 3.68. The second-order valence-electron chi connectivity index (χ2n) is 9.06. The summed E-state index contributed by atoms with van der Waals surface area (Å²) in [5.74, 6) is -0.322. The van der Waals surface area contributed by atoms with Crippen molar-refractivity contribution in [1.29, 1.82) is 0 Å². The Bertz CT molecular complexity index is 1010. The van der Waals surface area contributed by atoms with Gasteiger partial charge in [-0.1, -0.05) is 31.4 Å². The molecule has 0 aromatic heterocycles. The number of ether oxygens (including phenoxy) is 1. The van der Waals surface area contributed by atoms with Gasteiger partial charge in [0.1, 0.15) is 11.9 Å². The Kier molecular flexibility index (Phi) is 9.27. The van der Waals surface area contributed by atoms with Gasteiger partial charge in [0.2, 0.25) is 0 Å². The zero-order valence-electron chi connectivity index (χ0n) is 19.7. The molecule has 0 atom stereocenters. The summed E-state index contributed by atoms with van der Waals surface area (Å²) in [6.07, 6.45) is -3.80. The molecular weight excluding hydrogens is 488 g/mol. The van der Waals surface area contributed by atoms with E-state index in [2.05, 4.69) is 0 Å². The van der Waals surface area contributed by atoms with Crippen LogP contribution in [0, 0.1) is 0 Å². The number of rotatable bonds is 7. The van der Waals surface area contributed by atoms with Crippen LogP contribution in [0.15, 0.2) is 42.5 Å². The zero-order chi connectivity index (χ0) is 26.3. The Morgan fingerprint density at radius 2 is 1.61 bits per heavy atom. The molecule has 0 unspecified atom stereocenters. The van der Waals surface area contributed by atoms with Gasteiger partial charge in [0.25, 0.3) is 0 Å². The minimum Gasteiger partial charge on any atom is -0.490 e. The fourth-order valence-electron chi connectivity index (χ4n) is 3.82. The van der Waals surface area contributed by atoms with Crippen molar-refractivity contribution in [3.63, 3.8) is 0 Å². The minimum atomic E-state index is -4.74. The molecule has 1 heterocycles. The van der Waals surface area contributed by atoms with Gasteiger partial charge in [-0.05, 0) is 60.7 Å². The number of hydrogen-bond donors (Lipinski definition) is 1. The number of piperidine rings is 1. The largest absolute Gasteiger partial charge is 0.490 e. The Morgan fingerprint density at radius 3 is 2.17 bits per heavy atom. The van der Waals surface area contributed by atoms with E-state index in [0.717, 1.165) is 5.56 Å². The lowest BCUT2D eigenvalue weighted by Crippen LogP contribution is -2.38. The fourth-order valence-corrected chi connectivity index (χ4v) is 3.82. The quantitative estimate of drug-likeness (QED) is 0.404. The van der Waals surface area contributed by atoms with Crippen molar-refractivity contribution in [2.24, 2.45) is 0 Å². The SMILES string of the molecule is C1CC1.O=C(O)CCc1cccc(OC2CCN(Cc3cc(C(F)(F)F)ccc3C(F)(F)F)CC2)c1. The summed E-state index contributed by atoms with van der Waals surface area (Å²) in [6, 6.07) is 8.58. The molecule has 1 aliphatic carbocycles. The molecule has 2 aromatic carbocycles. The lowest BCUT2D eigenvalue weighted by atomic mass is 10.0. The first kappa shape index (κ1) is 27.8. The summed E-state index contributed by atoms with van der Waals surface area (Å²) in [7, 11) is 0. The number of carboxylic acids is 1. The van der Waals surface area contributed by atoms with E-state index in [1.807, 2.05) is 0 Å². The van der Waals surface area contributed by atoms with Crippen LogP contribution in [0.2, 0.25) is 0 Å². The van der Waals surface area contributed by atoms with Crippen molar-refractivity contribution in [2.45, 2.75) is 69.9 Å². The van der Waals surface area contributed by atoms with Crippen molar-refractivity contribution in [3.05, 3.63) is 64.7 Å². The summed E-state index contributed by atoms with van der Waals surface area (Å²) < 4.78 is 84.9. The monoisotopic (exact) mass is 517 g/mol. The van der Waals surface area contributed by atoms with E-state index < -0.39 is 35.0 Å². The van der Waals surface area contributed by atoms with E-state index in [1.54, 1.807) is 29.2 Å². The molecule has 2 fully saturated rings. The third kappa shape index (κ3) is 9.04. The van der Waals surface area contributed by atoms with Crippen LogP contribution in [-0.2, 0) is 30.1 Å². The van der Waals surface area contributed by atoms with Crippen molar-refractivity contribution in [2.75, 3.05) is 13.1 Å². The normalized spacial score (nSPS) is 16.7. The topological polar surface area (TPSA) is 49.8 Å². The molecule has 4 nitrogen and oxygen atoms in total. The van der Waals surface area contributed by atoms with Crippen LogP contribution < -0.4 is 4.74 Å². The predicted octanol–water partition coefficient (Wildman–Crippen LogP) is 6.96. The average molecular weight is 518 g/mol. The lowest BCUT2D eigenvalue weighted by molar-refractivity contribution is -0.142. The van der Waals surface area contributed by atoms with Crippen molar-refractivity contribution < 1.29 is 41.0 Å². The number of carboxylic acid groups (broad SMARTS) is 1. The maximum atomic E-state index is 13.3. The molecule has 0 spiro atoms. The molecule has 0 amide bonds. The molecule has 2 aromatic rings. The van der Waals surface area contributed by atoms with E-state index in [4.69, 9.17) is 9.84 Å². The molecule has 4 rings (SSSR count). The third-order valence-electron chi connectivity index (χ3n) is 5.85. The highest BCUT2D eigenvalue weighted by molar-refractivity contribution is 5.67. The van der Waals surface area contributed by atoms with Gasteiger partial charge in [0.15, 0.2) is 0 Å². The van der Waals surface area contributed by atoms with Crippen LogP contribution in [0.5, 0.6) is 5.75 Å². The van der Waals surface area contributed by atoms with Crippen LogP contribution in [0.25, 0.3) is 0 Å². The van der Waals surface area contributed by atoms with E-state index in [-0.39, 0.29) is 19.1 Å². The van der Waals surface area contributed by atoms with E-state index >= 15 is 0 Å². The van der Waals surface area contributed by atoms with Gasteiger partial charge >= 0.3 is 18.3 Å². The van der Waals surface area contributed by atoms with Gasteiger partial charge in [-0.3, -0.25) is 9.69 Å². The van der Waals surface area contributed by atoms with Crippen LogP contribution in [-0.4, -0.2) is 35.2 Å². The maximum absolute atomic E-state index is 13.3. The van der Waals surface area contributed by atoms with Crippen molar-refractivity contribution >= 4 is 5.97 Å². The molecule has 1 N–H and O–H groups in total. The van der Waals surface area contributed by atoms with Gasteiger partial charge in [-0.25, -0.2) is 0 Å². The molecular formula is C26H29F6NO3. The van der Waals surface area contributed by atoms with E-state index in [1.165, 1.54) is 19.3 Å². The van der Waals surface area contributed by atoms with Crippen LogP contribution >= 0.6 is 0 Å². The number of benzene rings is 2. The molecule has 1 aliphatic heterocycles. The molecule has 1 saturated heterocycles. The maximum Gasteiger partial charge on any atom is 0.416 e. The Hall–Kier alpha value is -2.75. The van der Waals surface area contributed by atoms with Crippen molar-refractivity contribution in [3.8, 4) is 5.75 Å². The first-order valence-electron chi connectivity index (χ1n) is 11.9. The van der Waals surface area contributed by atoms with E-state index in [0.29, 0.717) is 56.3 Å². The van der Waals surface area contributed by atoms with Gasteiger partial charge in [-0.2, -0.15) is 26.3 Å². The summed E-state index contributed by atoms with van der Waals surface area (Å²) in [5.41, 5.74) is -1.75. The second-order valence-corrected chi connectivity index (χ2v) is 9.06. The second kappa shape index (κ2) is 12.0. The smallest absolute Gasteiger partial charge is 0.416 e. The third-order valence-corrected chi connectivity index (χ3v) is 5.85. The highest BCUT2D eigenvalue weighted by Gasteiger charge is 2.37. The molecule has 36 heavy (non-hydrogen) atoms. The van der Waals surface area contributed by atoms with Gasteiger partial charge in [0.05, 0.1) is 11.1 Å². The molecule has 0 bridgehead atoms. The number of likely N-dealkylation sites (tertiary alicyclic amines) is 1. The standard InChI is InChI=1S/C23H23F6NO3.C3H6/c24-22(25,26)17-5-6-20(23(27,28)29)16(13-17)14-30-10-8-18(9-11-30)33-19-3-1-2-15(12-19)4-7-21(31)32;1-2-3-1/h1-3,5-6,12-13,18H,4,7-11,14H2,(H,31,32);1-3H2. The predicted molar refractivity (Wildman–Crippen MR) is 122 cm³/mol. The number of alkyl halides is 6. The molecule has 0 radical (unpaired) electrons. The number of hydrogen-bond acceptors (Lipinski definition) is 3. The van der Waals surface area contributed by atoms with Crippen LogP contribution in [0.1, 0.15) is 60.8 Å². The summed E-state index contributed by atoms with van der Waals surface area (Å²) >= 11 is 0. The van der Waals surface area contributed by atoms with Crippen molar-refractivity contribution in [1.82, 2.24) is 4.90 Å². The van der Waals surface area contributed by atoms with Gasteiger partial charge in [0, 0.05) is 26.1 Å². The van der Waals surface area contributed by atoms with Crippen LogP contribution in [0.4, 0.5) is 26.3 Å².